The molecule has 23 heavy (non-hydrogen) atoms. The number of hydrogen-bond donors (Lipinski definition) is 2. The smallest absolute Gasteiger partial charge is 0.327 e. The van der Waals surface area contributed by atoms with Gasteiger partial charge < -0.3 is 16.2 Å². The molecule has 0 aliphatic carbocycles. The molecule has 3 aromatic heterocycles. The molecule has 0 radical (unpaired) electrons. The van der Waals surface area contributed by atoms with Crippen molar-refractivity contribution in [1.29, 1.82) is 0 Å². The van der Waals surface area contributed by atoms with Gasteiger partial charge in [0.1, 0.15) is 6.54 Å². The fraction of sp³-hybridized carbons (Fsp3) is 0.300. The molecule has 0 amide bonds. The van der Waals surface area contributed by atoms with E-state index in [-0.39, 0.29) is 47.8 Å². The van der Waals surface area contributed by atoms with Crippen LogP contribution < -0.4 is 11.5 Å². The number of rotatable bonds is 5. The zero-order valence-corrected chi connectivity index (χ0v) is 11.8. The second kappa shape index (κ2) is 5.70. The van der Waals surface area contributed by atoms with Gasteiger partial charge in [-0.3, -0.25) is 4.79 Å². The van der Waals surface area contributed by atoms with Crippen LogP contribution >= 0.6 is 0 Å². The van der Waals surface area contributed by atoms with Crippen molar-refractivity contribution in [3.8, 4) is 23.0 Å². The largest absolute Gasteiger partial charge is 0.465 e. The van der Waals surface area contributed by atoms with Crippen LogP contribution in [-0.2, 0) is 16.1 Å². The summed E-state index contributed by atoms with van der Waals surface area (Å²) in [5.41, 5.74) is 11.5. The molecule has 0 bridgehead atoms. The summed E-state index contributed by atoms with van der Waals surface area (Å²) < 4.78 is 15.1. The zero-order chi connectivity index (χ0) is 16.4. The second-order valence-corrected chi connectivity index (χ2v) is 4.22. The Hall–Kier alpha value is -3.51. The van der Waals surface area contributed by atoms with E-state index in [1.54, 1.807) is 6.92 Å². The normalized spacial score (nSPS) is 10.8. The van der Waals surface area contributed by atoms with E-state index in [1.807, 2.05) is 0 Å². The molecule has 0 aromatic carbocycles. The van der Waals surface area contributed by atoms with Crippen molar-refractivity contribution in [2.24, 2.45) is 0 Å². The predicted molar refractivity (Wildman–Crippen MR) is 72.1 cm³/mol. The highest BCUT2D eigenvalue weighted by Crippen LogP contribution is 2.25. The van der Waals surface area contributed by atoms with Gasteiger partial charge in [0.05, 0.1) is 6.61 Å². The third-order valence-electron chi connectivity index (χ3n) is 2.71. The zero-order valence-electron chi connectivity index (χ0n) is 11.8. The molecule has 0 saturated carbocycles. The topological polar surface area (TPSA) is 187 Å². The lowest BCUT2D eigenvalue weighted by Gasteiger charge is -2.03. The molecule has 0 saturated heterocycles. The summed E-state index contributed by atoms with van der Waals surface area (Å²) in [6, 6.07) is 0. The maximum atomic E-state index is 11.7. The van der Waals surface area contributed by atoms with Crippen LogP contribution in [0.5, 0.6) is 0 Å². The van der Waals surface area contributed by atoms with Gasteiger partial charge in [0, 0.05) is 0 Å². The summed E-state index contributed by atoms with van der Waals surface area (Å²) in [6.45, 7) is 1.68. The number of hydrogen-bond acceptors (Lipinski definition) is 12. The lowest BCUT2D eigenvalue weighted by atomic mass is 10.4. The van der Waals surface area contributed by atoms with Crippen LogP contribution in [0.1, 0.15) is 6.92 Å². The van der Waals surface area contributed by atoms with Gasteiger partial charge in [0.2, 0.25) is 5.82 Å². The maximum Gasteiger partial charge on any atom is 0.327 e. The van der Waals surface area contributed by atoms with Crippen molar-refractivity contribution in [3.05, 3.63) is 0 Å². The van der Waals surface area contributed by atoms with Crippen LogP contribution in [0.4, 0.5) is 11.6 Å². The van der Waals surface area contributed by atoms with Crippen molar-refractivity contribution in [2.75, 3.05) is 18.1 Å². The Morgan fingerprint density at radius 2 is 1.78 bits per heavy atom. The van der Waals surface area contributed by atoms with Gasteiger partial charge in [-0.2, -0.15) is 0 Å². The molecule has 0 aliphatic rings. The summed E-state index contributed by atoms with van der Waals surface area (Å²) in [6.07, 6.45) is 0. The number of nitrogens with zero attached hydrogens (tertiary/aromatic N) is 7. The minimum atomic E-state index is -0.522. The molecule has 3 heterocycles. The fourth-order valence-electron chi connectivity index (χ4n) is 1.76. The Morgan fingerprint density at radius 1 is 1.13 bits per heavy atom. The van der Waals surface area contributed by atoms with Crippen LogP contribution in [0.3, 0.4) is 0 Å². The van der Waals surface area contributed by atoms with Crippen molar-refractivity contribution in [2.45, 2.75) is 13.5 Å². The average Bonchev–Trinajstić information content (AvgIpc) is 3.19. The first kappa shape index (κ1) is 14.4. The molecule has 0 unspecified atom stereocenters. The van der Waals surface area contributed by atoms with E-state index in [2.05, 4.69) is 40.0 Å². The van der Waals surface area contributed by atoms with Gasteiger partial charge >= 0.3 is 5.97 Å². The Bertz CT molecular complexity index is 835. The Balaban J connectivity index is 2.05. The molecule has 3 aromatic rings. The molecule has 4 N–H and O–H groups in total. The van der Waals surface area contributed by atoms with E-state index >= 15 is 0 Å². The number of nitrogens with two attached hydrogens (primary N) is 2. The first-order chi connectivity index (χ1) is 11.1. The minimum absolute atomic E-state index is 0.00363. The molecule has 0 atom stereocenters. The summed E-state index contributed by atoms with van der Waals surface area (Å²) >= 11 is 0. The van der Waals surface area contributed by atoms with E-state index < -0.39 is 5.97 Å². The van der Waals surface area contributed by atoms with Crippen LogP contribution in [0, 0.1) is 0 Å². The quantitative estimate of drug-likeness (QED) is 0.552. The van der Waals surface area contributed by atoms with Crippen LogP contribution in [0.15, 0.2) is 9.26 Å². The van der Waals surface area contributed by atoms with Gasteiger partial charge in [0.25, 0.3) is 0 Å². The Labute approximate surface area is 127 Å². The number of carbonyl (C=O) groups excluding carboxylic acids is 1. The van der Waals surface area contributed by atoms with Crippen LogP contribution in [-0.4, -0.2) is 48.0 Å². The molecule has 0 aliphatic heterocycles. The molecule has 3 rings (SSSR count). The van der Waals surface area contributed by atoms with E-state index in [0.717, 1.165) is 0 Å². The molecular weight excluding hydrogens is 310 g/mol. The molecule has 120 valence electrons. The predicted octanol–water partition coefficient (Wildman–Crippen LogP) is -0.894. The fourth-order valence-corrected chi connectivity index (χ4v) is 1.76. The monoisotopic (exact) mass is 321 g/mol. The average molecular weight is 321 g/mol. The third kappa shape index (κ3) is 2.66. The van der Waals surface area contributed by atoms with E-state index in [4.69, 9.17) is 16.2 Å². The van der Waals surface area contributed by atoms with Crippen molar-refractivity contribution in [1.82, 2.24) is 35.4 Å². The van der Waals surface area contributed by atoms with E-state index in [1.165, 1.54) is 4.68 Å². The number of anilines is 2. The summed E-state index contributed by atoms with van der Waals surface area (Å²) in [5, 5.41) is 18.3. The third-order valence-corrected chi connectivity index (χ3v) is 2.71. The second-order valence-electron chi connectivity index (χ2n) is 4.22. The number of ether oxygens (including phenoxy) is 1. The molecule has 13 heteroatoms. The lowest BCUT2D eigenvalue weighted by molar-refractivity contribution is -0.144. The van der Waals surface area contributed by atoms with E-state index in [0.29, 0.717) is 0 Å². The highest BCUT2D eigenvalue weighted by Gasteiger charge is 2.24. The number of aromatic nitrogens is 7. The summed E-state index contributed by atoms with van der Waals surface area (Å²) in [5.74, 6) is -0.331. The van der Waals surface area contributed by atoms with Gasteiger partial charge in [-0.05, 0) is 27.6 Å². The number of carbonyl (C=O) groups is 1. The van der Waals surface area contributed by atoms with Gasteiger partial charge in [-0.15, -0.1) is 5.10 Å². The van der Waals surface area contributed by atoms with Crippen molar-refractivity contribution >= 4 is 17.6 Å². The SMILES string of the molecule is CCOC(=O)Cn1nc(-c2nonc2N)nc1-c1nonc1N. The summed E-state index contributed by atoms with van der Waals surface area (Å²) in [7, 11) is 0. The number of nitrogen functional groups attached to an aromatic ring is 2. The van der Waals surface area contributed by atoms with Crippen molar-refractivity contribution in [3.63, 3.8) is 0 Å². The molecular formula is C10H11N9O4. The van der Waals surface area contributed by atoms with Crippen LogP contribution in [0.25, 0.3) is 23.0 Å². The minimum Gasteiger partial charge on any atom is -0.465 e. The van der Waals surface area contributed by atoms with Gasteiger partial charge in [-0.25, -0.2) is 18.9 Å². The lowest BCUT2D eigenvalue weighted by Crippen LogP contribution is -2.15. The van der Waals surface area contributed by atoms with Crippen molar-refractivity contribution < 1.29 is 18.8 Å². The van der Waals surface area contributed by atoms with Gasteiger partial charge in [0.15, 0.2) is 28.8 Å². The first-order valence-electron chi connectivity index (χ1n) is 6.37. The van der Waals surface area contributed by atoms with Crippen LogP contribution in [0.2, 0.25) is 0 Å². The van der Waals surface area contributed by atoms with Gasteiger partial charge in [-0.1, -0.05) is 0 Å². The first-order valence-corrected chi connectivity index (χ1v) is 6.37. The summed E-state index contributed by atoms with van der Waals surface area (Å²) in [4.78, 5) is 15.9. The van der Waals surface area contributed by atoms with E-state index in [9.17, 15) is 4.79 Å². The molecule has 13 nitrogen and oxygen atoms in total. The molecule has 0 spiro atoms. The highest BCUT2D eigenvalue weighted by molar-refractivity contribution is 5.72. The highest BCUT2D eigenvalue weighted by atomic mass is 16.6. The molecule has 0 fully saturated rings. The maximum absolute atomic E-state index is 11.7. The standard InChI is InChI=1S/C10H11N9O4/c1-2-21-4(20)3-19-10(6-8(12)18-23-16-6)13-9(14-19)5-7(11)17-22-15-5/h2-3H2,1H3,(H2,11,17)(H2,12,18). The number of esters is 1. The Kier molecular flexibility index (Phi) is 3.58. The Morgan fingerprint density at radius 3 is 2.35 bits per heavy atom.